The Bertz CT molecular complexity index is 259. The first-order chi connectivity index (χ1) is 5.65. The van der Waals surface area contributed by atoms with Gasteiger partial charge in [0.15, 0.2) is 5.70 Å². The molecule has 7 nitrogen and oxygen atoms in total. The summed E-state index contributed by atoms with van der Waals surface area (Å²) in [4.78, 5) is 11.0. The lowest BCUT2D eigenvalue weighted by atomic mass is 10.4. The van der Waals surface area contributed by atoms with Crippen LogP contribution in [0.15, 0.2) is 17.0 Å². The summed E-state index contributed by atoms with van der Waals surface area (Å²) in [7, 11) is 1.59. The fourth-order valence-corrected chi connectivity index (χ4v) is 0.712. The van der Waals surface area contributed by atoms with Gasteiger partial charge in [0.2, 0.25) is 5.96 Å². The third-order valence-corrected chi connectivity index (χ3v) is 1.17. The second-order valence-corrected chi connectivity index (χ2v) is 2.05. The van der Waals surface area contributed by atoms with Crippen molar-refractivity contribution in [2.75, 3.05) is 7.05 Å². The molecular formula is C5H9N5O2. The summed E-state index contributed by atoms with van der Waals surface area (Å²) in [5.74, 6) is -0.657. The smallest absolute Gasteiger partial charge is 0.280 e. The topological polar surface area (TPSA) is 103 Å². The third-order valence-electron chi connectivity index (χ3n) is 1.17. The zero-order valence-electron chi connectivity index (χ0n) is 6.40. The van der Waals surface area contributed by atoms with Crippen molar-refractivity contribution < 1.29 is 10.0 Å². The Kier molecular flexibility index (Phi) is 2.15. The summed E-state index contributed by atoms with van der Waals surface area (Å²) in [6, 6.07) is 0. The highest BCUT2D eigenvalue weighted by molar-refractivity contribution is 6.05. The van der Waals surface area contributed by atoms with E-state index >= 15 is 0 Å². The van der Waals surface area contributed by atoms with Crippen LogP contribution in [0.2, 0.25) is 0 Å². The van der Waals surface area contributed by atoms with Crippen molar-refractivity contribution >= 4 is 11.9 Å². The average Bonchev–Trinajstić information content (AvgIpc) is 1.96. The fraction of sp³-hybridized carbons (Fsp3) is 0.200. The minimum atomic E-state index is -0.514. The van der Waals surface area contributed by atoms with Gasteiger partial charge in [0.05, 0.1) is 0 Å². The molecule has 0 fully saturated rings. The van der Waals surface area contributed by atoms with E-state index < -0.39 is 5.91 Å². The van der Waals surface area contributed by atoms with Crippen LogP contribution in [0.1, 0.15) is 0 Å². The number of hydrogen-bond acceptors (Lipinski definition) is 6. The van der Waals surface area contributed by atoms with Gasteiger partial charge in [0.25, 0.3) is 5.91 Å². The molecule has 1 amide bonds. The summed E-state index contributed by atoms with van der Waals surface area (Å²) in [6.07, 6.45) is 1.30. The first kappa shape index (κ1) is 8.34. The molecule has 0 saturated heterocycles. The molecule has 0 unspecified atom stereocenters. The Morgan fingerprint density at radius 3 is 3.00 bits per heavy atom. The Morgan fingerprint density at radius 2 is 2.50 bits per heavy atom. The number of carbonyl (C=O) groups excluding carboxylic acids is 1. The van der Waals surface area contributed by atoms with Crippen LogP contribution in [0.25, 0.3) is 0 Å². The summed E-state index contributed by atoms with van der Waals surface area (Å²) >= 11 is 0. The third kappa shape index (κ3) is 1.45. The van der Waals surface area contributed by atoms with Gasteiger partial charge in [-0.05, 0) is 0 Å². The summed E-state index contributed by atoms with van der Waals surface area (Å²) in [6.45, 7) is 0. The average molecular weight is 171 g/mol. The van der Waals surface area contributed by atoms with E-state index in [0.29, 0.717) is 5.17 Å². The summed E-state index contributed by atoms with van der Waals surface area (Å²) in [5, 5.41) is 17.6. The first-order valence-electron chi connectivity index (χ1n) is 3.17. The van der Waals surface area contributed by atoms with Gasteiger partial charge in [-0.2, -0.15) is 0 Å². The SMILES string of the molecule is CN/C=C1/C(=O)NC(N)=NN1O. The summed E-state index contributed by atoms with van der Waals surface area (Å²) in [5.41, 5.74) is 5.12. The second kappa shape index (κ2) is 3.09. The number of hydrogen-bond donors (Lipinski definition) is 4. The molecule has 7 heteroatoms. The van der Waals surface area contributed by atoms with Crippen molar-refractivity contribution in [2.24, 2.45) is 10.8 Å². The van der Waals surface area contributed by atoms with Crippen LogP contribution >= 0.6 is 0 Å². The molecule has 1 rings (SSSR count). The molecule has 1 aliphatic heterocycles. The minimum absolute atomic E-state index is 0.0216. The van der Waals surface area contributed by atoms with Crippen LogP contribution in [0.5, 0.6) is 0 Å². The lowest BCUT2D eigenvalue weighted by Gasteiger charge is -2.19. The molecule has 0 aliphatic carbocycles. The Balaban J connectivity index is 2.90. The van der Waals surface area contributed by atoms with Crippen LogP contribution in [-0.2, 0) is 4.79 Å². The Labute approximate surface area is 68.5 Å². The molecule has 0 aromatic rings. The molecule has 0 aromatic carbocycles. The normalized spacial score (nSPS) is 20.5. The van der Waals surface area contributed by atoms with E-state index in [0.717, 1.165) is 0 Å². The highest BCUT2D eigenvalue weighted by Crippen LogP contribution is 2.03. The first-order valence-corrected chi connectivity index (χ1v) is 3.17. The van der Waals surface area contributed by atoms with Crippen molar-refractivity contribution in [1.29, 1.82) is 0 Å². The van der Waals surface area contributed by atoms with E-state index in [9.17, 15) is 4.79 Å². The van der Waals surface area contributed by atoms with E-state index in [4.69, 9.17) is 10.9 Å². The number of nitrogens with zero attached hydrogens (tertiary/aromatic N) is 2. The molecule has 0 atom stereocenters. The number of nitrogens with two attached hydrogens (primary N) is 1. The van der Waals surface area contributed by atoms with Crippen molar-refractivity contribution in [3.63, 3.8) is 0 Å². The molecule has 0 radical (unpaired) electrons. The van der Waals surface area contributed by atoms with Crippen LogP contribution in [0, 0.1) is 0 Å². The molecule has 5 N–H and O–H groups in total. The lowest BCUT2D eigenvalue weighted by molar-refractivity contribution is -0.127. The molecule has 0 saturated carbocycles. The van der Waals surface area contributed by atoms with E-state index in [1.807, 2.05) is 0 Å². The fourth-order valence-electron chi connectivity index (χ4n) is 0.712. The molecule has 0 spiro atoms. The Hall–Kier alpha value is -1.76. The maximum atomic E-state index is 11.0. The number of amides is 1. The van der Waals surface area contributed by atoms with Crippen LogP contribution in [-0.4, -0.2) is 29.3 Å². The van der Waals surface area contributed by atoms with Gasteiger partial charge in [-0.3, -0.25) is 15.3 Å². The predicted octanol–water partition coefficient (Wildman–Crippen LogP) is -1.90. The highest BCUT2D eigenvalue weighted by Gasteiger charge is 2.21. The predicted molar refractivity (Wildman–Crippen MR) is 40.5 cm³/mol. The molecule has 1 aliphatic rings. The number of nitrogens with one attached hydrogen (secondary N) is 2. The van der Waals surface area contributed by atoms with Crippen LogP contribution in [0.4, 0.5) is 0 Å². The highest BCUT2D eigenvalue weighted by atomic mass is 16.5. The van der Waals surface area contributed by atoms with E-state index in [1.54, 1.807) is 7.05 Å². The molecule has 1 heterocycles. The van der Waals surface area contributed by atoms with Crippen molar-refractivity contribution in [2.45, 2.75) is 0 Å². The maximum absolute atomic E-state index is 11.0. The van der Waals surface area contributed by atoms with Gasteiger partial charge in [-0.25, -0.2) is 0 Å². The van der Waals surface area contributed by atoms with Crippen molar-refractivity contribution in [3.8, 4) is 0 Å². The van der Waals surface area contributed by atoms with Gasteiger partial charge in [-0.15, -0.1) is 10.3 Å². The van der Waals surface area contributed by atoms with Crippen LogP contribution < -0.4 is 16.4 Å². The quantitative estimate of drug-likeness (QED) is 0.345. The Morgan fingerprint density at radius 1 is 1.83 bits per heavy atom. The second-order valence-electron chi connectivity index (χ2n) is 2.05. The zero-order valence-corrected chi connectivity index (χ0v) is 6.40. The molecule has 66 valence electrons. The minimum Gasteiger partial charge on any atom is -0.392 e. The monoisotopic (exact) mass is 171 g/mol. The van der Waals surface area contributed by atoms with Crippen molar-refractivity contribution in [3.05, 3.63) is 11.9 Å². The maximum Gasteiger partial charge on any atom is 0.280 e. The molecular weight excluding hydrogens is 162 g/mol. The van der Waals surface area contributed by atoms with Gasteiger partial charge in [-0.1, -0.05) is 0 Å². The standard InChI is InChI=1S/C5H9N5O2/c1-7-2-3-4(11)8-5(6)9-10(3)12/h2,7,12H,1H3,(H3,6,8,9,11)/b3-2-. The number of guanidine groups is 1. The molecule has 0 bridgehead atoms. The molecule has 0 aromatic heterocycles. The zero-order chi connectivity index (χ0) is 9.14. The van der Waals surface area contributed by atoms with E-state index in [1.165, 1.54) is 6.20 Å². The number of carbonyl (C=O) groups is 1. The van der Waals surface area contributed by atoms with Gasteiger partial charge in [0.1, 0.15) is 0 Å². The van der Waals surface area contributed by atoms with Gasteiger partial charge in [0, 0.05) is 13.2 Å². The van der Waals surface area contributed by atoms with Crippen LogP contribution in [0.3, 0.4) is 0 Å². The lowest BCUT2D eigenvalue weighted by Crippen LogP contribution is -2.46. The number of hydrazone groups is 1. The summed E-state index contributed by atoms with van der Waals surface area (Å²) < 4.78 is 0. The van der Waals surface area contributed by atoms with E-state index in [2.05, 4.69) is 15.7 Å². The van der Waals surface area contributed by atoms with Gasteiger partial charge < -0.3 is 11.1 Å². The molecule has 12 heavy (non-hydrogen) atoms. The van der Waals surface area contributed by atoms with Crippen molar-refractivity contribution in [1.82, 2.24) is 15.8 Å². The number of rotatable bonds is 1. The number of hydroxylamine groups is 1. The largest absolute Gasteiger partial charge is 0.392 e. The van der Waals surface area contributed by atoms with E-state index in [-0.39, 0.29) is 11.7 Å². The van der Waals surface area contributed by atoms with Gasteiger partial charge >= 0.3 is 0 Å².